The molecule has 0 aliphatic carbocycles. The number of carbonyl (C=O) groups is 1. The lowest BCUT2D eigenvalue weighted by Crippen LogP contribution is -2.35. The molecule has 0 saturated heterocycles. The lowest BCUT2D eigenvalue weighted by molar-refractivity contribution is 0.256. The molecule has 2 heterocycles. The van der Waals surface area contributed by atoms with Crippen LogP contribution in [0, 0.1) is 0 Å². The van der Waals surface area contributed by atoms with Crippen molar-refractivity contribution in [3.05, 3.63) is 16.7 Å². The second kappa shape index (κ2) is 7.00. The summed E-state index contributed by atoms with van der Waals surface area (Å²) < 4.78 is 37.4. The normalized spacial score (nSPS) is 11.0. The van der Waals surface area contributed by atoms with Gasteiger partial charge in [0.1, 0.15) is 0 Å². The van der Waals surface area contributed by atoms with Crippen LogP contribution in [0.5, 0.6) is 11.8 Å². The van der Waals surface area contributed by atoms with Crippen LogP contribution in [0.4, 0.5) is 10.7 Å². The first-order chi connectivity index (χ1) is 11.2. The number of urea groups is 1. The molecule has 2 aromatic rings. The molecule has 0 aliphatic rings. The highest BCUT2D eigenvalue weighted by molar-refractivity contribution is 9.10. The van der Waals surface area contributed by atoms with Gasteiger partial charge in [-0.05, 0) is 15.9 Å². The Kier molecular flexibility index (Phi) is 5.23. The second-order valence-corrected chi connectivity index (χ2v) is 6.74. The molecule has 0 unspecified atom stereocenters. The summed E-state index contributed by atoms with van der Waals surface area (Å²) in [4.78, 5) is 19.6. The Hall–Kier alpha value is -2.41. The van der Waals surface area contributed by atoms with E-state index in [9.17, 15) is 13.2 Å². The second-order valence-electron chi connectivity index (χ2n) is 4.29. The number of aryl methyl sites for hydroxylation is 1. The van der Waals surface area contributed by atoms with Crippen molar-refractivity contribution in [2.24, 2.45) is 7.05 Å². The summed E-state index contributed by atoms with van der Waals surface area (Å²) in [5, 5.41) is 5.62. The molecule has 0 aromatic carbocycles. The number of sulfonamides is 1. The molecule has 0 saturated carbocycles. The first-order valence-electron chi connectivity index (χ1n) is 6.25. The molecule has 2 rings (SSSR count). The molecule has 0 aliphatic heterocycles. The van der Waals surface area contributed by atoms with E-state index in [4.69, 9.17) is 9.47 Å². The topological polar surface area (TPSA) is 137 Å². The first kappa shape index (κ1) is 17.9. The van der Waals surface area contributed by atoms with Crippen molar-refractivity contribution >= 4 is 37.9 Å². The number of amides is 2. The molecule has 2 N–H and O–H groups in total. The van der Waals surface area contributed by atoms with E-state index in [1.54, 1.807) is 11.8 Å². The van der Waals surface area contributed by atoms with E-state index < -0.39 is 16.1 Å². The number of halogens is 1. The lowest BCUT2D eigenvalue weighted by Gasteiger charge is -2.08. The van der Waals surface area contributed by atoms with Crippen molar-refractivity contribution in [3.63, 3.8) is 0 Å². The highest BCUT2D eigenvalue weighted by atomic mass is 79.9. The van der Waals surface area contributed by atoms with Crippen molar-refractivity contribution in [1.29, 1.82) is 0 Å². The van der Waals surface area contributed by atoms with Gasteiger partial charge in [0.25, 0.3) is 10.0 Å². The van der Waals surface area contributed by atoms with Gasteiger partial charge in [-0.3, -0.25) is 10.00 Å². The van der Waals surface area contributed by atoms with Gasteiger partial charge in [-0.25, -0.2) is 9.52 Å². The Bertz CT molecular complexity index is 846. The van der Waals surface area contributed by atoms with Gasteiger partial charge >= 0.3 is 6.03 Å². The highest BCUT2D eigenvalue weighted by Gasteiger charge is 2.24. The summed E-state index contributed by atoms with van der Waals surface area (Å²) in [6, 6.07) is 0.327. The molecule has 11 nitrogen and oxygen atoms in total. The number of methoxy groups -OCH3 is 2. The Morgan fingerprint density at radius 2 is 1.83 bits per heavy atom. The monoisotopic (exact) mass is 420 g/mol. The number of rotatable bonds is 5. The third-order valence-electron chi connectivity index (χ3n) is 2.56. The van der Waals surface area contributed by atoms with E-state index in [0.29, 0.717) is 0 Å². The first-order valence-corrected chi connectivity index (χ1v) is 8.53. The fourth-order valence-corrected chi connectivity index (χ4v) is 3.54. The van der Waals surface area contributed by atoms with Crippen molar-refractivity contribution in [1.82, 2.24) is 24.5 Å². The maximum Gasteiger partial charge on any atom is 0.335 e. The minimum Gasteiger partial charge on any atom is -0.481 e. The smallest absolute Gasteiger partial charge is 0.335 e. The van der Waals surface area contributed by atoms with Crippen LogP contribution in [0.2, 0.25) is 0 Å². The quantitative estimate of drug-likeness (QED) is 0.712. The molecule has 24 heavy (non-hydrogen) atoms. The Balaban J connectivity index is 2.17. The predicted molar refractivity (Wildman–Crippen MR) is 85.4 cm³/mol. The Morgan fingerprint density at radius 1 is 1.25 bits per heavy atom. The maximum atomic E-state index is 12.1. The lowest BCUT2D eigenvalue weighted by atomic mass is 10.6. The van der Waals surface area contributed by atoms with E-state index in [1.807, 2.05) is 0 Å². The number of hydrogen-bond acceptors (Lipinski definition) is 8. The fourth-order valence-electron chi connectivity index (χ4n) is 1.59. The van der Waals surface area contributed by atoms with Crippen molar-refractivity contribution < 1.29 is 22.7 Å². The number of anilines is 1. The van der Waals surface area contributed by atoms with Gasteiger partial charge in [0.15, 0.2) is 0 Å². The van der Waals surface area contributed by atoms with E-state index >= 15 is 0 Å². The SMILES string of the molecule is COc1cc(OC)nc(NC(=O)NS(=O)(=O)c2nn(C)cc2Br)n1. The molecular weight excluding hydrogens is 408 g/mol. The molecule has 2 aromatic heterocycles. The summed E-state index contributed by atoms with van der Waals surface area (Å²) >= 11 is 3.06. The minimum atomic E-state index is -4.18. The third-order valence-corrected chi connectivity index (χ3v) is 4.66. The van der Waals surface area contributed by atoms with E-state index in [-0.39, 0.29) is 27.2 Å². The van der Waals surface area contributed by atoms with Crippen molar-refractivity contribution in [2.45, 2.75) is 5.03 Å². The van der Waals surface area contributed by atoms with Crippen LogP contribution in [-0.2, 0) is 17.1 Å². The van der Waals surface area contributed by atoms with Crippen LogP contribution < -0.4 is 19.5 Å². The predicted octanol–water partition coefficient (Wildman–Crippen LogP) is 0.500. The maximum absolute atomic E-state index is 12.1. The van der Waals surface area contributed by atoms with Crippen LogP contribution >= 0.6 is 15.9 Å². The van der Waals surface area contributed by atoms with Gasteiger partial charge in [0.2, 0.25) is 22.7 Å². The molecule has 0 bridgehead atoms. The molecule has 0 fully saturated rings. The van der Waals surface area contributed by atoms with E-state index in [2.05, 4.69) is 36.3 Å². The molecule has 2 amide bonds. The van der Waals surface area contributed by atoms with Crippen LogP contribution in [0.15, 0.2) is 21.8 Å². The zero-order valence-electron chi connectivity index (χ0n) is 12.8. The van der Waals surface area contributed by atoms with Crippen LogP contribution in [0.25, 0.3) is 0 Å². The van der Waals surface area contributed by atoms with Gasteiger partial charge in [0, 0.05) is 13.2 Å². The van der Waals surface area contributed by atoms with Crippen molar-refractivity contribution in [3.8, 4) is 11.8 Å². The van der Waals surface area contributed by atoms with Gasteiger partial charge in [-0.2, -0.15) is 23.5 Å². The Morgan fingerprint density at radius 3 is 2.29 bits per heavy atom. The summed E-state index contributed by atoms with van der Waals surface area (Å²) in [5.41, 5.74) is 0. The zero-order valence-corrected chi connectivity index (χ0v) is 15.2. The van der Waals surface area contributed by atoms with Crippen LogP contribution in [-0.4, -0.2) is 48.4 Å². The number of nitrogens with zero attached hydrogens (tertiary/aromatic N) is 4. The molecule has 0 radical (unpaired) electrons. The Labute approximate surface area is 145 Å². The third kappa shape index (κ3) is 4.11. The molecule has 13 heteroatoms. The minimum absolute atomic E-state index is 0.132. The highest BCUT2D eigenvalue weighted by Crippen LogP contribution is 2.20. The number of hydrogen-bond donors (Lipinski definition) is 2. The average molecular weight is 421 g/mol. The largest absolute Gasteiger partial charge is 0.481 e. The summed E-state index contributed by atoms with van der Waals surface area (Å²) in [6.07, 6.45) is 1.43. The van der Waals surface area contributed by atoms with Gasteiger partial charge < -0.3 is 9.47 Å². The molecule has 130 valence electrons. The van der Waals surface area contributed by atoms with Crippen molar-refractivity contribution in [2.75, 3.05) is 19.5 Å². The number of nitrogens with one attached hydrogen (secondary N) is 2. The molecular formula is C11H13BrN6O5S. The summed E-state index contributed by atoms with van der Waals surface area (Å²) in [5.74, 6) is 0.0685. The van der Waals surface area contributed by atoms with Gasteiger partial charge in [0.05, 0.1) is 24.8 Å². The van der Waals surface area contributed by atoms with E-state index in [0.717, 1.165) is 0 Å². The van der Waals surface area contributed by atoms with Crippen LogP contribution in [0.1, 0.15) is 0 Å². The van der Waals surface area contributed by atoms with E-state index in [1.165, 1.54) is 31.2 Å². The number of ether oxygens (including phenoxy) is 2. The summed E-state index contributed by atoms with van der Waals surface area (Å²) in [7, 11) is 0.102. The zero-order chi connectivity index (χ0) is 17.9. The van der Waals surface area contributed by atoms with Gasteiger partial charge in [-0.1, -0.05) is 0 Å². The van der Waals surface area contributed by atoms with Crippen LogP contribution in [0.3, 0.4) is 0 Å². The average Bonchev–Trinajstić information content (AvgIpc) is 2.85. The number of carbonyl (C=O) groups excluding carboxylic acids is 1. The molecule has 0 atom stereocenters. The molecule has 0 spiro atoms. The fraction of sp³-hybridized carbons (Fsp3) is 0.273. The summed E-state index contributed by atoms with van der Waals surface area (Å²) in [6.45, 7) is 0. The number of aromatic nitrogens is 4. The van der Waals surface area contributed by atoms with Gasteiger partial charge in [-0.15, -0.1) is 0 Å². The standard InChI is InChI=1S/C11H13BrN6O5S/c1-18-5-6(12)9(16-18)24(20,21)17-11(19)15-10-13-7(22-2)4-8(14-10)23-3/h4-5H,1-3H3,(H2,13,14,15,17,19).